The lowest BCUT2D eigenvalue weighted by atomic mass is 10.1. The molecule has 1 saturated heterocycles. The summed E-state index contributed by atoms with van der Waals surface area (Å²) in [4.78, 5) is 28.2. The molecule has 1 aromatic heterocycles. The van der Waals surface area contributed by atoms with E-state index in [0.717, 1.165) is 30.4 Å². The van der Waals surface area contributed by atoms with Gasteiger partial charge in [0.25, 0.3) is 0 Å². The number of H-pyrrole nitrogens is 1. The number of aromatic nitrogens is 1. The standard InChI is InChI=1S/C23H23NO5/c1-15(22(25)20-13-24-21-7-3-2-6-19(20)21)29-23(26)16-8-10-17(11-9-16)28-14-18-5-4-12-27-18/h2-3,6-11,13,15,18,24H,4-5,12,14H2,1H3/t15-,18+/m0/s1. The maximum Gasteiger partial charge on any atom is 0.338 e. The van der Waals surface area contributed by atoms with Crippen LogP contribution in [0.3, 0.4) is 0 Å². The first-order valence-corrected chi connectivity index (χ1v) is 9.77. The highest BCUT2D eigenvalue weighted by molar-refractivity contribution is 6.10. The van der Waals surface area contributed by atoms with E-state index in [0.29, 0.717) is 23.5 Å². The zero-order valence-electron chi connectivity index (χ0n) is 16.2. The molecule has 2 aromatic carbocycles. The third kappa shape index (κ3) is 4.32. The minimum atomic E-state index is -0.892. The van der Waals surface area contributed by atoms with E-state index in [2.05, 4.69) is 4.98 Å². The Kier molecular flexibility index (Phi) is 5.62. The minimum Gasteiger partial charge on any atom is -0.491 e. The number of carbonyl (C=O) groups excluding carboxylic acids is 2. The van der Waals surface area contributed by atoms with Crippen LogP contribution in [0.2, 0.25) is 0 Å². The number of Topliss-reactive ketones (excluding diaryl/α,β-unsaturated/α-hetero) is 1. The van der Waals surface area contributed by atoms with E-state index in [-0.39, 0.29) is 11.9 Å². The van der Waals surface area contributed by atoms with Crippen LogP contribution < -0.4 is 4.74 Å². The van der Waals surface area contributed by atoms with Crippen molar-refractivity contribution in [3.8, 4) is 5.75 Å². The third-order valence-corrected chi connectivity index (χ3v) is 5.06. The second-order valence-electron chi connectivity index (χ2n) is 7.13. The van der Waals surface area contributed by atoms with Gasteiger partial charge in [0.15, 0.2) is 6.10 Å². The fraction of sp³-hybridized carbons (Fsp3) is 0.304. The molecule has 0 bridgehead atoms. The average Bonchev–Trinajstić information content (AvgIpc) is 3.42. The molecule has 6 heteroatoms. The third-order valence-electron chi connectivity index (χ3n) is 5.06. The van der Waals surface area contributed by atoms with Gasteiger partial charge in [-0.3, -0.25) is 4.79 Å². The van der Waals surface area contributed by atoms with E-state index < -0.39 is 12.1 Å². The number of benzene rings is 2. The summed E-state index contributed by atoms with van der Waals surface area (Å²) >= 11 is 0. The number of hydrogen-bond donors (Lipinski definition) is 1. The van der Waals surface area contributed by atoms with Crippen molar-refractivity contribution in [3.05, 3.63) is 65.9 Å². The van der Waals surface area contributed by atoms with E-state index in [1.807, 2.05) is 24.3 Å². The molecule has 150 valence electrons. The average molecular weight is 393 g/mol. The lowest BCUT2D eigenvalue weighted by Crippen LogP contribution is -2.24. The van der Waals surface area contributed by atoms with Crippen molar-refractivity contribution in [2.24, 2.45) is 0 Å². The van der Waals surface area contributed by atoms with Crippen LogP contribution in [-0.4, -0.2) is 42.2 Å². The zero-order chi connectivity index (χ0) is 20.2. The highest BCUT2D eigenvalue weighted by Crippen LogP contribution is 2.21. The maximum atomic E-state index is 12.7. The van der Waals surface area contributed by atoms with E-state index >= 15 is 0 Å². The Morgan fingerprint density at radius 2 is 1.97 bits per heavy atom. The predicted octanol–water partition coefficient (Wildman–Crippen LogP) is 4.15. The molecule has 0 unspecified atom stereocenters. The van der Waals surface area contributed by atoms with Crippen molar-refractivity contribution in [2.75, 3.05) is 13.2 Å². The summed E-state index contributed by atoms with van der Waals surface area (Å²) in [5, 5.41) is 0.813. The van der Waals surface area contributed by atoms with Crippen LogP contribution in [0.1, 0.15) is 40.5 Å². The normalized spacial score (nSPS) is 17.2. The molecule has 0 aliphatic carbocycles. The molecule has 2 atom stereocenters. The van der Waals surface area contributed by atoms with Crippen molar-refractivity contribution in [1.82, 2.24) is 4.98 Å². The molecule has 1 aliphatic heterocycles. The number of aromatic amines is 1. The van der Waals surface area contributed by atoms with Gasteiger partial charge in [-0.05, 0) is 50.1 Å². The molecule has 2 heterocycles. The monoisotopic (exact) mass is 393 g/mol. The van der Waals surface area contributed by atoms with Crippen molar-refractivity contribution in [1.29, 1.82) is 0 Å². The van der Waals surface area contributed by atoms with Crippen LogP contribution in [0, 0.1) is 0 Å². The van der Waals surface area contributed by atoms with Crippen LogP contribution >= 0.6 is 0 Å². The van der Waals surface area contributed by atoms with E-state index in [1.165, 1.54) is 0 Å². The van der Waals surface area contributed by atoms with Gasteiger partial charge in [-0.2, -0.15) is 0 Å². The number of nitrogens with one attached hydrogen (secondary N) is 1. The van der Waals surface area contributed by atoms with Gasteiger partial charge >= 0.3 is 5.97 Å². The highest BCUT2D eigenvalue weighted by atomic mass is 16.5. The maximum absolute atomic E-state index is 12.7. The largest absolute Gasteiger partial charge is 0.491 e. The highest BCUT2D eigenvalue weighted by Gasteiger charge is 2.23. The van der Waals surface area contributed by atoms with Gasteiger partial charge in [-0.1, -0.05) is 18.2 Å². The number of carbonyl (C=O) groups is 2. The molecule has 0 radical (unpaired) electrons. The Balaban J connectivity index is 1.36. The van der Waals surface area contributed by atoms with Gasteiger partial charge in [0, 0.05) is 29.3 Å². The van der Waals surface area contributed by atoms with Crippen LogP contribution in [-0.2, 0) is 9.47 Å². The Morgan fingerprint density at radius 1 is 1.17 bits per heavy atom. The molecule has 0 spiro atoms. The molecule has 1 aliphatic rings. The van der Waals surface area contributed by atoms with Gasteiger partial charge in [-0.15, -0.1) is 0 Å². The van der Waals surface area contributed by atoms with Crippen LogP contribution in [0.4, 0.5) is 0 Å². The lowest BCUT2D eigenvalue weighted by molar-refractivity contribution is 0.0319. The first-order chi connectivity index (χ1) is 14.1. The molecule has 4 rings (SSSR count). The zero-order valence-corrected chi connectivity index (χ0v) is 16.2. The van der Waals surface area contributed by atoms with Crippen LogP contribution in [0.15, 0.2) is 54.7 Å². The quantitative estimate of drug-likeness (QED) is 0.482. The van der Waals surface area contributed by atoms with Gasteiger partial charge in [0.2, 0.25) is 5.78 Å². The predicted molar refractivity (Wildman–Crippen MR) is 108 cm³/mol. The summed E-state index contributed by atoms with van der Waals surface area (Å²) in [6.07, 6.45) is 2.96. The van der Waals surface area contributed by atoms with Gasteiger partial charge in [-0.25, -0.2) is 4.79 Å². The molecule has 0 amide bonds. The van der Waals surface area contributed by atoms with Crippen LogP contribution in [0.5, 0.6) is 5.75 Å². The lowest BCUT2D eigenvalue weighted by Gasteiger charge is -2.13. The fourth-order valence-electron chi connectivity index (χ4n) is 3.43. The summed E-state index contributed by atoms with van der Waals surface area (Å²) in [6, 6.07) is 14.2. The number of ether oxygens (including phenoxy) is 3. The second kappa shape index (κ2) is 8.49. The number of ketones is 1. The van der Waals surface area contributed by atoms with E-state index in [4.69, 9.17) is 14.2 Å². The summed E-state index contributed by atoms with van der Waals surface area (Å²) in [6.45, 7) is 2.87. The summed E-state index contributed by atoms with van der Waals surface area (Å²) in [7, 11) is 0. The molecule has 29 heavy (non-hydrogen) atoms. The molecule has 0 saturated carbocycles. The van der Waals surface area contributed by atoms with E-state index in [9.17, 15) is 9.59 Å². The minimum absolute atomic E-state index is 0.135. The number of rotatable bonds is 7. The smallest absolute Gasteiger partial charge is 0.338 e. The molecular weight excluding hydrogens is 370 g/mol. The number of esters is 1. The first kappa shape index (κ1) is 19.2. The Morgan fingerprint density at radius 3 is 2.72 bits per heavy atom. The molecule has 1 N–H and O–H groups in total. The van der Waals surface area contributed by atoms with Crippen LogP contribution in [0.25, 0.3) is 10.9 Å². The Hall–Kier alpha value is -3.12. The van der Waals surface area contributed by atoms with Crippen molar-refractivity contribution < 1.29 is 23.8 Å². The SMILES string of the molecule is C[C@H](OC(=O)c1ccc(OC[C@H]2CCCO2)cc1)C(=O)c1c[nH]c2ccccc12. The summed E-state index contributed by atoms with van der Waals surface area (Å²) in [5.74, 6) is -0.122. The molecular formula is C23H23NO5. The fourth-order valence-corrected chi connectivity index (χ4v) is 3.43. The molecule has 3 aromatic rings. The van der Waals surface area contributed by atoms with Gasteiger partial charge in [0.05, 0.1) is 11.7 Å². The number of para-hydroxylation sites is 1. The van der Waals surface area contributed by atoms with Crippen molar-refractivity contribution in [2.45, 2.75) is 32.0 Å². The number of hydrogen-bond acceptors (Lipinski definition) is 5. The van der Waals surface area contributed by atoms with E-state index in [1.54, 1.807) is 37.4 Å². The van der Waals surface area contributed by atoms with Crippen molar-refractivity contribution >= 4 is 22.7 Å². The van der Waals surface area contributed by atoms with Gasteiger partial charge < -0.3 is 19.2 Å². The second-order valence-corrected chi connectivity index (χ2v) is 7.13. The van der Waals surface area contributed by atoms with Gasteiger partial charge in [0.1, 0.15) is 12.4 Å². The number of fused-ring (bicyclic) bond motifs is 1. The Bertz CT molecular complexity index is 1000. The van der Waals surface area contributed by atoms with Crippen molar-refractivity contribution in [3.63, 3.8) is 0 Å². The summed E-state index contributed by atoms with van der Waals surface area (Å²) < 4.78 is 16.6. The molecule has 1 fully saturated rings. The Labute approximate surface area is 168 Å². The summed E-state index contributed by atoms with van der Waals surface area (Å²) in [5.41, 5.74) is 1.75. The topological polar surface area (TPSA) is 77.6 Å². The molecule has 6 nitrogen and oxygen atoms in total. The first-order valence-electron chi connectivity index (χ1n) is 9.77.